The van der Waals surface area contributed by atoms with E-state index in [2.05, 4.69) is 10.3 Å². The van der Waals surface area contributed by atoms with Crippen LogP contribution in [0, 0.1) is 0 Å². The molecule has 1 aliphatic rings. The predicted octanol–water partition coefficient (Wildman–Crippen LogP) is 0.731. The number of halogens is 1. The Hall–Kier alpha value is -0.0900. The molecule has 1 aliphatic heterocycles. The van der Waals surface area contributed by atoms with Crippen molar-refractivity contribution in [2.24, 2.45) is 10.7 Å². The molecule has 0 radical (unpaired) electrons. The van der Waals surface area contributed by atoms with Crippen LogP contribution in [-0.2, 0) is 10.0 Å². The van der Waals surface area contributed by atoms with E-state index in [4.69, 9.17) is 5.73 Å². The number of guanidine groups is 1. The van der Waals surface area contributed by atoms with Crippen LogP contribution in [0.5, 0.6) is 0 Å². The van der Waals surface area contributed by atoms with Crippen molar-refractivity contribution >= 4 is 40.0 Å². The lowest BCUT2D eigenvalue weighted by atomic mass is 10.1. The van der Waals surface area contributed by atoms with Gasteiger partial charge in [-0.1, -0.05) is 0 Å². The van der Waals surface area contributed by atoms with Crippen molar-refractivity contribution in [3.8, 4) is 0 Å². The van der Waals surface area contributed by atoms with Gasteiger partial charge in [0.15, 0.2) is 5.96 Å². The first kappa shape index (κ1) is 18.9. The Kier molecular flexibility index (Phi) is 7.04. The third-order valence-electron chi connectivity index (χ3n) is 2.72. The highest BCUT2D eigenvalue weighted by Gasteiger charge is 2.31. The minimum atomic E-state index is -3.13. The Morgan fingerprint density at radius 3 is 2.53 bits per heavy atom. The van der Waals surface area contributed by atoms with Crippen LogP contribution in [0.3, 0.4) is 0 Å². The summed E-state index contributed by atoms with van der Waals surface area (Å²) >= 11 is 0. The van der Waals surface area contributed by atoms with Crippen LogP contribution in [0.1, 0.15) is 33.6 Å². The van der Waals surface area contributed by atoms with Crippen molar-refractivity contribution in [2.45, 2.75) is 45.2 Å². The molecule has 0 bridgehead atoms. The topological polar surface area (TPSA) is 87.8 Å². The van der Waals surface area contributed by atoms with Gasteiger partial charge in [0.2, 0.25) is 10.0 Å². The van der Waals surface area contributed by atoms with E-state index in [-0.39, 0.29) is 35.6 Å². The smallest absolute Gasteiger partial charge is 0.211 e. The summed E-state index contributed by atoms with van der Waals surface area (Å²) in [6, 6.07) is -0.0553. The highest BCUT2D eigenvalue weighted by molar-refractivity contribution is 14.0. The Bertz CT molecular complexity index is 417. The van der Waals surface area contributed by atoms with Gasteiger partial charge in [-0.05, 0) is 33.6 Å². The number of nitrogens with two attached hydrogens (primary N) is 1. The molecule has 0 aliphatic carbocycles. The van der Waals surface area contributed by atoms with Gasteiger partial charge < -0.3 is 11.1 Å². The molecule has 0 spiro atoms. The van der Waals surface area contributed by atoms with E-state index in [0.717, 1.165) is 12.8 Å². The van der Waals surface area contributed by atoms with Gasteiger partial charge in [0.1, 0.15) is 0 Å². The summed E-state index contributed by atoms with van der Waals surface area (Å²) in [6.07, 6.45) is 2.98. The minimum Gasteiger partial charge on any atom is -0.370 e. The van der Waals surface area contributed by atoms with Gasteiger partial charge >= 0.3 is 0 Å². The first-order chi connectivity index (χ1) is 8.09. The average Bonchev–Trinajstić information content (AvgIpc) is 2.58. The number of nitrogens with one attached hydrogen (secondary N) is 1. The second-order valence-corrected chi connectivity index (χ2v) is 7.71. The van der Waals surface area contributed by atoms with Gasteiger partial charge in [0.25, 0.3) is 0 Å². The normalized spacial score (nSPS) is 22.1. The van der Waals surface area contributed by atoms with Crippen LogP contribution in [-0.4, -0.2) is 49.6 Å². The van der Waals surface area contributed by atoms with E-state index in [9.17, 15) is 8.42 Å². The molecule has 19 heavy (non-hydrogen) atoms. The molecular weight excluding hydrogens is 379 g/mol. The molecule has 0 saturated carbocycles. The Morgan fingerprint density at radius 1 is 1.47 bits per heavy atom. The maximum Gasteiger partial charge on any atom is 0.211 e. The molecule has 1 atom stereocenters. The molecule has 0 amide bonds. The zero-order valence-electron chi connectivity index (χ0n) is 12.0. The number of hydrogen-bond donors (Lipinski definition) is 2. The van der Waals surface area contributed by atoms with E-state index < -0.39 is 10.0 Å². The SMILES string of the molecule is CC(C)(C)NC(N)=NC[C@H]1CCCN1S(C)(=O)=O.I. The fraction of sp³-hybridized carbons (Fsp3) is 0.909. The van der Waals surface area contributed by atoms with Gasteiger partial charge in [-0.15, -0.1) is 24.0 Å². The maximum absolute atomic E-state index is 11.5. The number of nitrogens with zero attached hydrogens (tertiary/aromatic N) is 2. The number of aliphatic imine (C=N–C) groups is 1. The third kappa shape index (κ3) is 6.75. The Morgan fingerprint density at radius 2 is 2.05 bits per heavy atom. The van der Waals surface area contributed by atoms with Crippen LogP contribution >= 0.6 is 24.0 Å². The summed E-state index contributed by atoms with van der Waals surface area (Å²) in [5, 5.41) is 3.06. The second kappa shape index (κ2) is 7.07. The first-order valence-electron chi connectivity index (χ1n) is 6.14. The van der Waals surface area contributed by atoms with E-state index >= 15 is 0 Å². The van der Waals surface area contributed by atoms with Crippen molar-refractivity contribution < 1.29 is 8.42 Å². The van der Waals surface area contributed by atoms with Crippen molar-refractivity contribution in [1.29, 1.82) is 0 Å². The standard InChI is InChI=1S/C11H24N4O2S.HI/c1-11(2,3)14-10(12)13-8-9-6-5-7-15(9)18(4,16)17;/h9H,5-8H2,1-4H3,(H3,12,13,14);1H/t9-;/m1./s1. The molecule has 0 aromatic heterocycles. The zero-order valence-corrected chi connectivity index (χ0v) is 15.2. The van der Waals surface area contributed by atoms with Crippen molar-refractivity contribution in [1.82, 2.24) is 9.62 Å². The number of rotatable bonds is 3. The molecule has 1 fully saturated rings. The van der Waals surface area contributed by atoms with Gasteiger partial charge in [0.05, 0.1) is 12.8 Å². The quantitative estimate of drug-likeness (QED) is 0.413. The molecule has 114 valence electrons. The molecule has 0 aromatic rings. The minimum absolute atomic E-state index is 0. The molecule has 1 saturated heterocycles. The van der Waals surface area contributed by atoms with E-state index in [1.54, 1.807) is 0 Å². The van der Waals surface area contributed by atoms with Crippen molar-refractivity contribution in [3.05, 3.63) is 0 Å². The van der Waals surface area contributed by atoms with Crippen LogP contribution in [0.25, 0.3) is 0 Å². The monoisotopic (exact) mass is 404 g/mol. The van der Waals surface area contributed by atoms with Crippen LogP contribution in [0.4, 0.5) is 0 Å². The highest BCUT2D eigenvalue weighted by Crippen LogP contribution is 2.20. The van der Waals surface area contributed by atoms with Crippen LogP contribution in [0.2, 0.25) is 0 Å². The van der Waals surface area contributed by atoms with Gasteiger partial charge in [-0.2, -0.15) is 4.31 Å². The Labute approximate surface area is 133 Å². The lowest BCUT2D eigenvalue weighted by Gasteiger charge is -2.23. The summed E-state index contributed by atoms with van der Waals surface area (Å²) in [4.78, 5) is 4.23. The van der Waals surface area contributed by atoms with E-state index in [0.29, 0.717) is 19.0 Å². The maximum atomic E-state index is 11.5. The lowest BCUT2D eigenvalue weighted by molar-refractivity contribution is 0.396. The summed E-state index contributed by atoms with van der Waals surface area (Å²) in [5.41, 5.74) is 5.62. The summed E-state index contributed by atoms with van der Waals surface area (Å²) in [5.74, 6) is 0.364. The van der Waals surface area contributed by atoms with Gasteiger partial charge in [0, 0.05) is 18.1 Å². The average molecular weight is 404 g/mol. The highest BCUT2D eigenvalue weighted by atomic mass is 127. The van der Waals surface area contributed by atoms with E-state index in [1.807, 2.05) is 20.8 Å². The first-order valence-corrected chi connectivity index (χ1v) is 7.99. The molecule has 1 rings (SSSR count). The molecule has 3 N–H and O–H groups in total. The number of sulfonamides is 1. The lowest BCUT2D eigenvalue weighted by Crippen LogP contribution is -2.45. The van der Waals surface area contributed by atoms with Crippen LogP contribution in [0.15, 0.2) is 4.99 Å². The third-order valence-corrected chi connectivity index (χ3v) is 4.06. The summed E-state index contributed by atoms with van der Waals surface area (Å²) in [7, 11) is -3.13. The fourth-order valence-electron chi connectivity index (χ4n) is 2.06. The van der Waals surface area contributed by atoms with Gasteiger partial charge in [-0.3, -0.25) is 4.99 Å². The van der Waals surface area contributed by atoms with Crippen molar-refractivity contribution in [3.63, 3.8) is 0 Å². The second-order valence-electron chi connectivity index (χ2n) is 5.77. The molecule has 6 nitrogen and oxygen atoms in total. The largest absolute Gasteiger partial charge is 0.370 e. The molecule has 0 aromatic carbocycles. The van der Waals surface area contributed by atoms with Crippen molar-refractivity contribution in [2.75, 3.05) is 19.3 Å². The van der Waals surface area contributed by atoms with E-state index in [1.165, 1.54) is 10.6 Å². The zero-order chi connectivity index (χ0) is 14.0. The molecular formula is C11H25IN4O2S. The molecule has 0 unspecified atom stereocenters. The summed E-state index contributed by atoms with van der Waals surface area (Å²) in [6.45, 7) is 6.99. The Balaban J connectivity index is 0.00000324. The summed E-state index contributed by atoms with van der Waals surface area (Å²) < 4.78 is 24.6. The van der Waals surface area contributed by atoms with Crippen LogP contribution < -0.4 is 11.1 Å². The fourth-order valence-corrected chi connectivity index (χ4v) is 3.23. The predicted molar refractivity (Wildman–Crippen MR) is 89.4 cm³/mol. The molecule has 1 heterocycles. The van der Waals surface area contributed by atoms with Gasteiger partial charge in [-0.25, -0.2) is 8.42 Å². The number of hydrogen-bond acceptors (Lipinski definition) is 3. The molecule has 8 heteroatoms.